The average molecular weight is 490 g/mol. The topological polar surface area (TPSA) is 129 Å². The lowest BCUT2D eigenvalue weighted by Crippen LogP contribution is -2.30. The number of aromatic nitrogens is 3. The van der Waals surface area contributed by atoms with Crippen LogP contribution in [0.15, 0.2) is 53.7 Å². The predicted molar refractivity (Wildman–Crippen MR) is 128 cm³/mol. The van der Waals surface area contributed by atoms with Crippen LogP contribution in [0.5, 0.6) is 0 Å². The molecule has 2 amide bonds. The summed E-state index contributed by atoms with van der Waals surface area (Å²) in [6.07, 6.45) is 3.12. The summed E-state index contributed by atoms with van der Waals surface area (Å²) in [6, 6.07) is 9.38. The number of anilines is 3. The van der Waals surface area contributed by atoms with Crippen molar-refractivity contribution in [3.63, 3.8) is 0 Å². The van der Waals surface area contributed by atoms with Crippen LogP contribution in [0.25, 0.3) is 11.3 Å². The van der Waals surface area contributed by atoms with E-state index in [9.17, 15) is 13.2 Å². The number of amides is 2. The molecule has 0 saturated heterocycles. The van der Waals surface area contributed by atoms with E-state index < -0.39 is 10.0 Å². The molecule has 0 aliphatic heterocycles. The van der Waals surface area contributed by atoms with Crippen molar-refractivity contribution in [1.82, 2.24) is 24.6 Å². The molecule has 0 aliphatic rings. The van der Waals surface area contributed by atoms with E-state index in [1.165, 1.54) is 23.5 Å². The second-order valence-electron chi connectivity index (χ2n) is 6.76. The number of carbonyl (C=O) groups excluding carboxylic acids is 1. The molecule has 0 aliphatic carbocycles. The van der Waals surface area contributed by atoms with Gasteiger partial charge >= 0.3 is 6.03 Å². The number of rotatable bonds is 8. The van der Waals surface area contributed by atoms with E-state index in [0.717, 1.165) is 0 Å². The summed E-state index contributed by atoms with van der Waals surface area (Å²) >= 11 is 6.20. The van der Waals surface area contributed by atoms with Crippen molar-refractivity contribution in [3.05, 3.63) is 53.8 Å². The van der Waals surface area contributed by atoms with E-state index in [2.05, 4.69) is 30.9 Å². The second kappa shape index (κ2) is 10.6. The Morgan fingerprint density at radius 3 is 2.48 bits per heavy atom. The number of halogens is 1. The van der Waals surface area contributed by atoms with Crippen LogP contribution in [0.4, 0.5) is 22.2 Å². The summed E-state index contributed by atoms with van der Waals surface area (Å²) in [5.41, 5.74) is 1.77. The van der Waals surface area contributed by atoms with Gasteiger partial charge < -0.3 is 10.6 Å². The maximum Gasteiger partial charge on any atom is 0.320 e. The van der Waals surface area contributed by atoms with Gasteiger partial charge in [0.25, 0.3) is 0 Å². The molecule has 0 unspecified atom stereocenters. The first-order chi connectivity index (χ1) is 15.8. The Kier molecular flexibility index (Phi) is 7.79. The highest BCUT2D eigenvalue weighted by molar-refractivity contribution is 7.89. The molecule has 3 aromatic rings. The Hall–Kier alpha value is -3.28. The summed E-state index contributed by atoms with van der Waals surface area (Å²) in [7, 11) is -2.23. The highest BCUT2D eigenvalue weighted by Crippen LogP contribution is 2.29. The lowest BCUT2D eigenvalue weighted by molar-refractivity contribution is 0.254. The van der Waals surface area contributed by atoms with Crippen molar-refractivity contribution in [3.8, 4) is 11.3 Å². The fourth-order valence-electron chi connectivity index (χ4n) is 3.03. The van der Waals surface area contributed by atoms with E-state index in [1.54, 1.807) is 50.5 Å². The molecule has 3 N–H and O–H groups in total. The molecule has 0 bridgehead atoms. The van der Waals surface area contributed by atoms with Gasteiger partial charge in [0.1, 0.15) is 10.7 Å². The molecule has 33 heavy (non-hydrogen) atoms. The van der Waals surface area contributed by atoms with Crippen LogP contribution in [0.2, 0.25) is 5.02 Å². The molecule has 2 aromatic heterocycles. The number of carbonyl (C=O) groups is 1. The molecule has 0 fully saturated rings. The third kappa shape index (κ3) is 5.75. The van der Waals surface area contributed by atoms with Gasteiger partial charge in [0.05, 0.1) is 10.7 Å². The second-order valence-corrected chi connectivity index (χ2v) is 9.07. The molecule has 12 heteroatoms. The van der Waals surface area contributed by atoms with Gasteiger partial charge in [-0.05, 0) is 36.4 Å². The van der Waals surface area contributed by atoms with Crippen LogP contribution < -0.4 is 16.0 Å². The van der Waals surface area contributed by atoms with Gasteiger partial charge in [0.15, 0.2) is 0 Å². The van der Waals surface area contributed by atoms with Crippen LogP contribution in [-0.2, 0) is 10.0 Å². The Morgan fingerprint density at radius 2 is 1.79 bits per heavy atom. The zero-order valence-electron chi connectivity index (χ0n) is 18.3. The first-order valence-corrected chi connectivity index (χ1v) is 11.9. The van der Waals surface area contributed by atoms with E-state index in [1.807, 2.05) is 0 Å². The van der Waals surface area contributed by atoms with Crippen molar-refractivity contribution < 1.29 is 13.2 Å². The average Bonchev–Trinajstić information content (AvgIpc) is 2.81. The first-order valence-electron chi connectivity index (χ1n) is 10.1. The van der Waals surface area contributed by atoms with Crippen LogP contribution in [0, 0.1) is 0 Å². The Bertz CT molecular complexity index is 1250. The molecule has 10 nitrogen and oxygen atoms in total. The van der Waals surface area contributed by atoms with Gasteiger partial charge in [-0.25, -0.2) is 28.2 Å². The molecule has 174 valence electrons. The molecule has 2 heterocycles. The number of nitrogens with one attached hydrogen (secondary N) is 3. The van der Waals surface area contributed by atoms with E-state index in [-0.39, 0.29) is 21.9 Å². The van der Waals surface area contributed by atoms with Crippen molar-refractivity contribution >= 4 is 45.1 Å². The minimum Gasteiger partial charge on any atom is -0.341 e. The van der Waals surface area contributed by atoms with Gasteiger partial charge in [-0.2, -0.15) is 4.31 Å². The zero-order chi connectivity index (χ0) is 24.0. The van der Waals surface area contributed by atoms with Crippen molar-refractivity contribution in [2.75, 3.05) is 30.8 Å². The minimum absolute atomic E-state index is 0.00747. The number of urea groups is 1. The van der Waals surface area contributed by atoms with Gasteiger partial charge in [-0.1, -0.05) is 25.4 Å². The van der Waals surface area contributed by atoms with Crippen molar-refractivity contribution in [1.29, 1.82) is 0 Å². The SMILES string of the molecule is CCN(CC)S(=O)(=O)c1cc(Nc2nccc(-c3ccnc(NC(=O)NC)c3)n2)ccc1Cl. The normalized spacial score (nSPS) is 11.3. The molecular formula is C21H24ClN7O3S. The van der Waals surface area contributed by atoms with Crippen LogP contribution in [-0.4, -0.2) is 53.8 Å². The van der Waals surface area contributed by atoms with E-state index in [0.29, 0.717) is 35.9 Å². The van der Waals surface area contributed by atoms with Gasteiger partial charge in [0.2, 0.25) is 16.0 Å². The predicted octanol–water partition coefficient (Wildman–Crippen LogP) is 3.72. The van der Waals surface area contributed by atoms with Crippen molar-refractivity contribution in [2.24, 2.45) is 0 Å². The van der Waals surface area contributed by atoms with Gasteiger partial charge in [-0.3, -0.25) is 5.32 Å². The van der Waals surface area contributed by atoms with Crippen LogP contribution >= 0.6 is 11.6 Å². The quantitative estimate of drug-likeness (QED) is 0.439. The summed E-state index contributed by atoms with van der Waals surface area (Å²) in [4.78, 5) is 24.4. The van der Waals surface area contributed by atoms with Gasteiger partial charge in [-0.15, -0.1) is 0 Å². The monoisotopic (exact) mass is 489 g/mol. The van der Waals surface area contributed by atoms with Crippen LogP contribution in [0.1, 0.15) is 13.8 Å². The lowest BCUT2D eigenvalue weighted by Gasteiger charge is -2.19. The number of pyridine rings is 1. The molecule has 0 spiro atoms. The molecule has 3 rings (SSSR count). The number of sulfonamides is 1. The molecule has 1 aromatic carbocycles. The summed E-state index contributed by atoms with van der Waals surface area (Å²) in [5.74, 6) is 0.627. The maximum atomic E-state index is 12.9. The molecule has 0 radical (unpaired) electrons. The third-order valence-corrected chi connectivity index (χ3v) is 7.22. The van der Waals surface area contributed by atoms with Gasteiger partial charge in [0, 0.05) is 43.8 Å². The first kappa shape index (κ1) is 24.4. The molecular weight excluding hydrogens is 466 g/mol. The zero-order valence-corrected chi connectivity index (χ0v) is 19.9. The van der Waals surface area contributed by atoms with E-state index >= 15 is 0 Å². The summed E-state index contributed by atoms with van der Waals surface area (Å²) in [5, 5.41) is 8.23. The molecule has 0 saturated carbocycles. The highest BCUT2D eigenvalue weighted by atomic mass is 35.5. The maximum absolute atomic E-state index is 12.9. The third-order valence-electron chi connectivity index (χ3n) is 4.69. The Labute approximate surface area is 197 Å². The standard InChI is InChI=1S/C21H24ClN7O3S/c1-4-29(5-2)33(31,32)18-13-15(6-7-16(18)22)26-20-25-11-9-17(27-20)14-8-10-24-19(12-14)28-21(30)23-3/h6-13H,4-5H2,1-3H3,(H,25,26,27)(H2,23,24,28,30). The molecule has 0 atom stereocenters. The summed E-state index contributed by atoms with van der Waals surface area (Å²) in [6.45, 7) is 4.21. The highest BCUT2D eigenvalue weighted by Gasteiger charge is 2.24. The minimum atomic E-state index is -3.74. The Balaban J connectivity index is 1.89. The summed E-state index contributed by atoms with van der Waals surface area (Å²) < 4.78 is 27.2. The Morgan fingerprint density at radius 1 is 1.06 bits per heavy atom. The van der Waals surface area contributed by atoms with Crippen LogP contribution in [0.3, 0.4) is 0 Å². The number of nitrogens with zero attached hydrogens (tertiary/aromatic N) is 4. The smallest absolute Gasteiger partial charge is 0.320 e. The fourth-order valence-corrected chi connectivity index (χ4v) is 4.99. The number of hydrogen-bond donors (Lipinski definition) is 3. The van der Waals surface area contributed by atoms with Crippen molar-refractivity contribution in [2.45, 2.75) is 18.7 Å². The number of benzene rings is 1. The lowest BCUT2D eigenvalue weighted by atomic mass is 10.2. The number of hydrogen-bond acceptors (Lipinski definition) is 7. The fraction of sp³-hybridized carbons (Fsp3) is 0.238. The largest absolute Gasteiger partial charge is 0.341 e. The van der Waals surface area contributed by atoms with E-state index in [4.69, 9.17) is 11.6 Å².